The van der Waals surface area contributed by atoms with Crippen molar-refractivity contribution in [2.75, 3.05) is 19.8 Å². The van der Waals surface area contributed by atoms with Crippen LogP contribution in [0.25, 0.3) is 0 Å². The van der Waals surface area contributed by atoms with Gasteiger partial charge in [-0.25, -0.2) is 0 Å². The molecule has 0 heterocycles. The molecular weight excluding hydrogens is 182 g/mol. The SMILES string of the molecule is CCCOCC(=O)NCC(O)C1CC1. The van der Waals surface area contributed by atoms with Crippen molar-refractivity contribution in [1.29, 1.82) is 0 Å². The van der Waals surface area contributed by atoms with Crippen LogP contribution in [0.2, 0.25) is 0 Å². The van der Waals surface area contributed by atoms with Gasteiger partial charge >= 0.3 is 0 Å². The van der Waals surface area contributed by atoms with Crippen molar-refractivity contribution >= 4 is 5.91 Å². The summed E-state index contributed by atoms with van der Waals surface area (Å²) < 4.78 is 5.06. The molecule has 0 aromatic carbocycles. The molecule has 14 heavy (non-hydrogen) atoms. The van der Waals surface area contributed by atoms with E-state index >= 15 is 0 Å². The van der Waals surface area contributed by atoms with E-state index in [2.05, 4.69) is 5.32 Å². The number of carbonyl (C=O) groups is 1. The Morgan fingerprint density at radius 1 is 1.64 bits per heavy atom. The number of nitrogens with one attached hydrogen (secondary N) is 1. The summed E-state index contributed by atoms with van der Waals surface area (Å²) in [6.45, 7) is 3.07. The molecule has 1 saturated carbocycles. The van der Waals surface area contributed by atoms with Gasteiger partial charge in [-0.2, -0.15) is 0 Å². The zero-order valence-corrected chi connectivity index (χ0v) is 8.66. The van der Waals surface area contributed by atoms with Crippen LogP contribution in [0.5, 0.6) is 0 Å². The van der Waals surface area contributed by atoms with E-state index in [1.54, 1.807) is 0 Å². The fourth-order valence-electron chi connectivity index (χ4n) is 1.23. The minimum atomic E-state index is -0.370. The highest BCUT2D eigenvalue weighted by Crippen LogP contribution is 2.32. The predicted octanol–water partition coefficient (Wildman–Crippen LogP) is 0.300. The first-order valence-corrected chi connectivity index (χ1v) is 5.26. The Bertz CT molecular complexity index is 180. The summed E-state index contributed by atoms with van der Waals surface area (Å²) in [7, 11) is 0. The van der Waals surface area contributed by atoms with Crippen molar-refractivity contribution < 1.29 is 14.6 Å². The van der Waals surface area contributed by atoms with E-state index in [4.69, 9.17) is 4.74 Å². The fourth-order valence-corrected chi connectivity index (χ4v) is 1.23. The third kappa shape index (κ3) is 4.58. The van der Waals surface area contributed by atoms with Gasteiger partial charge in [0, 0.05) is 13.2 Å². The molecule has 0 saturated heterocycles. The molecule has 4 heteroatoms. The second-order valence-corrected chi connectivity index (χ2v) is 3.76. The van der Waals surface area contributed by atoms with Gasteiger partial charge in [0.15, 0.2) is 0 Å². The van der Waals surface area contributed by atoms with Crippen LogP contribution in [0.4, 0.5) is 0 Å². The second kappa shape index (κ2) is 5.98. The first-order valence-electron chi connectivity index (χ1n) is 5.26. The molecular formula is C10H19NO3. The highest BCUT2D eigenvalue weighted by molar-refractivity contribution is 5.77. The molecule has 1 aliphatic carbocycles. The summed E-state index contributed by atoms with van der Waals surface area (Å²) in [6, 6.07) is 0. The summed E-state index contributed by atoms with van der Waals surface area (Å²) in [5.41, 5.74) is 0. The maximum atomic E-state index is 11.1. The molecule has 1 atom stereocenters. The Hall–Kier alpha value is -0.610. The van der Waals surface area contributed by atoms with Crippen molar-refractivity contribution in [1.82, 2.24) is 5.32 Å². The van der Waals surface area contributed by atoms with Crippen molar-refractivity contribution in [2.45, 2.75) is 32.3 Å². The molecule has 1 fully saturated rings. The summed E-state index contributed by atoms with van der Waals surface area (Å²) in [5.74, 6) is 0.269. The van der Waals surface area contributed by atoms with Crippen molar-refractivity contribution in [2.24, 2.45) is 5.92 Å². The van der Waals surface area contributed by atoms with Gasteiger partial charge in [-0.1, -0.05) is 6.92 Å². The first-order chi connectivity index (χ1) is 6.74. The number of ether oxygens (including phenoxy) is 1. The number of rotatable bonds is 7. The van der Waals surface area contributed by atoms with E-state index in [1.807, 2.05) is 6.92 Å². The molecule has 1 unspecified atom stereocenters. The first kappa shape index (κ1) is 11.5. The molecule has 0 aromatic rings. The van der Waals surface area contributed by atoms with E-state index in [0.29, 0.717) is 19.1 Å². The monoisotopic (exact) mass is 201 g/mol. The van der Waals surface area contributed by atoms with Gasteiger partial charge in [0.1, 0.15) is 6.61 Å². The smallest absolute Gasteiger partial charge is 0.246 e. The maximum absolute atomic E-state index is 11.1. The van der Waals surface area contributed by atoms with Gasteiger partial charge in [0.05, 0.1) is 6.10 Å². The van der Waals surface area contributed by atoms with Crippen molar-refractivity contribution in [3.8, 4) is 0 Å². The lowest BCUT2D eigenvalue weighted by atomic mass is 10.2. The van der Waals surface area contributed by atoms with Crippen molar-refractivity contribution in [3.05, 3.63) is 0 Å². The highest BCUT2D eigenvalue weighted by atomic mass is 16.5. The van der Waals surface area contributed by atoms with E-state index in [9.17, 15) is 9.90 Å². The van der Waals surface area contributed by atoms with Crippen LogP contribution in [-0.2, 0) is 9.53 Å². The zero-order valence-electron chi connectivity index (χ0n) is 8.66. The molecule has 4 nitrogen and oxygen atoms in total. The Morgan fingerprint density at radius 2 is 2.36 bits per heavy atom. The van der Waals surface area contributed by atoms with Crippen LogP contribution >= 0.6 is 0 Å². The molecule has 82 valence electrons. The lowest BCUT2D eigenvalue weighted by molar-refractivity contribution is -0.126. The number of hydrogen-bond acceptors (Lipinski definition) is 3. The minimum absolute atomic E-state index is 0.102. The molecule has 0 bridgehead atoms. The lowest BCUT2D eigenvalue weighted by Gasteiger charge is -2.10. The molecule has 1 amide bonds. The average Bonchev–Trinajstić information content (AvgIpc) is 2.98. The number of carbonyl (C=O) groups excluding carboxylic acids is 1. The molecule has 1 aliphatic rings. The molecule has 0 aromatic heterocycles. The summed E-state index contributed by atoms with van der Waals surface area (Å²) in [6.07, 6.45) is 2.72. The highest BCUT2D eigenvalue weighted by Gasteiger charge is 2.29. The van der Waals surface area contributed by atoms with E-state index < -0.39 is 0 Å². The summed E-state index contributed by atoms with van der Waals surface area (Å²) in [5, 5.41) is 12.1. The Morgan fingerprint density at radius 3 is 2.93 bits per heavy atom. The second-order valence-electron chi connectivity index (χ2n) is 3.76. The third-order valence-corrected chi connectivity index (χ3v) is 2.26. The van der Waals surface area contributed by atoms with Crippen molar-refractivity contribution in [3.63, 3.8) is 0 Å². The molecule has 0 spiro atoms. The number of amides is 1. The summed E-state index contributed by atoms with van der Waals surface area (Å²) in [4.78, 5) is 11.1. The van der Waals surface area contributed by atoms with Crippen LogP contribution in [0, 0.1) is 5.92 Å². The quantitative estimate of drug-likeness (QED) is 0.582. The average molecular weight is 201 g/mol. The Balaban J connectivity index is 1.96. The van der Waals surface area contributed by atoms with E-state index in [0.717, 1.165) is 19.3 Å². The van der Waals surface area contributed by atoms with Crippen LogP contribution < -0.4 is 5.32 Å². The Labute approximate surface area is 84.6 Å². The molecule has 0 aliphatic heterocycles. The molecule has 0 radical (unpaired) electrons. The minimum Gasteiger partial charge on any atom is -0.391 e. The summed E-state index contributed by atoms with van der Waals surface area (Å²) >= 11 is 0. The zero-order chi connectivity index (χ0) is 10.4. The van der Waals surface area contributed by atoms with Gasteiger partial charge < -0.3 is 15.2 Å². The third-order valence-electron chi connectivity index (χ3n) is 2.26. The van der Waals surface area contributed by atoms with Gasteiger partial charge in [0.25, 0.3) is 0 Å². The number of aliphatic hydroxyl groups is 1. The largest absolute Gasteiger partial charge is 0.391 e. The van der Waals surface area contributed by atoms with Crippen LogP contribution in [0.3, 0.4) is 0 Å². The fraction of sp³-hybridized carbons (Fsp3) is 0.900. The Kier molecular flexibility index (Phi) is 4.90. The number of hydrogen-bond donors (Lipinski definition) is 2. The number of aliphatic hydroxyl groups excluding tert-OH is 1. The predicted molar refractivity (Wildman–Crippen MR) is 52.9 cm³/mol. The van der Waals surface area contributed by atoms with Crippen LogP contribution in [0.1, 0.15) is 26.2 Å². The van der Waals surface area contributed by atoms with Crippen LogP contribution in [0.15, 0.2) is 0 Å². The molecule has 1 rings (SSSR count). The van der Waals surface area contributed by atoms with Gasteiger partial charge in [0.2, 0.25) is 5.91 Å². The molecule has 2 N–H and O–H groups in total. The van der Waals surface area contributed by atoms with E-state index in [1.165, 1.54) is 0 Å². The topological polar surface area (TPSA) is 58.6 Å². The lowest BCUT2D eigenvalue weighted by Crippen LogP contribution is -2.35. The van der Waals surface area contributed by atoms with Crippen LogP contribution in [-0.4, -0.2) is 36.9 Å². The normalized spacial score (nSPS) is 17.9. The van der Waals surface area contributed by atoms with E-state index in [-0.39, 0.29) is 18.6 Å². The maximum Gasteiger partial charge on any atom is 0.246 e. The van der Waals surface area contributed by atoms with Gasteiger partial charge in [-0.15, -0.1) is 0 Å². The standard InChI is InChI=1S/C10H19NO3/c1-2-5-14-7-10(13)11-6-9(12)8-3-4-8/h8-9,12H,2-7H2,1H3,(H,11,13). The van der Waals surface area contributed by atoms with Gasteiger partial charge in [-0.05, 0) is 25.2 Å². The van der Waals surface area contributed by atoms with Gasteiger partial charge in [-0.3, -0.25) is 4.79 Å².